The van der Waals surface area contributed by atoms with Crippen molar-refractivity contribution in [2.24, 2.45) is 11.8 Å². The van der Waals surface area contributed by atoms with Gasteiger partial charge in [0.2, 0.25) is 0 Å². The van der Waals surface area contributed by atoms with Crippen LogP contribution in [0.1, 0.15) is 28.5 Å². The minimum Gasteiger partial charge on any atom is -0.481 e. The van der Waals surface area contributed by atoms with Gasteiger partial charge in [-0.05, 0) is 31.4 Å². The molecule has 0 radical (unpaired) electrons. The van der Waals surface area contributed by atoms with Gasteiger partial charge in [-0.15, -0.1) is 0 Å². The maximum atomic E-state index is 12.8. The lowest BCUT2D eigenvalue weighted by Gasteiger charge is -2.16. The molecule has 0 saturated carbocycles. The predicted octanol–water partition coefficient (Wildman–Crippen LogP) is 2.58. The van der Waals surface area contributed by atoms with E-state index in [1.165, 1.54) is 0 Å². The quantitative estimate of drug-likeness (QED) is 0.895. The van der Waals surface area contributed by atoms with Crippen LogP contribution in [0.5, 0.6) is 0 Å². The molecule has 2 aromatic rings. The van der Waals surface area contributed by atoms with Crippen LogP contribution < -0.4 is 0 Å². The van der Waals surface area contributed by atoms with Crippen LogP contribution in [-0.4, -0.2) is 40.0 Å². The molecule has 2 N–H and O–H groups in total. The summed E-state index contributed by atoms with van der Waals surface area (Å²) in [4.78, 5) is 29.0. The number of benzene rings is 1. The van der Waals surface area contributed by atoms with E-state index in [1.807, 2.05) is 32.9 Å². The molecule has 0 unspecified atom stereocenters. The number of rotatable bonds is 2. The number of hydrogen-bond acceptors (Lipinski definition) is 2. The molecule has 1 aromatic heterocycles. The van der Waals surface area contributed by atoms with E-state index < -0.39 is 11.9 Å². The topological polar surface area (TPSA) is 73.4 Å². The Balaban J connectivity index is 1.97. The second-order valence-corrected chi connectivity index (χ2v) is 6.24. The summed E-state index contributed by atoms with van der Waals surface area (Å²) in [6, 6.07) is 5.68. The van der Waals surface area contributed by atoms with Crippen LogP contribution in [0.2, 0.25) is 0 Å². The molecule has 2 atom stereocenters. The zero-order chi connectivity index (χ0) is 16.0. The zero-order valence-corrected chi connectivity index (χ0v) is 13.0. The number of fused-ring (bicyclic) bond motifs is 1. The number of likely N-dealkylation sites (tertiary alicyclic amines) is 1. The van der Waals surface area contributed by atoms with Gasteiger partial charge in [0.05, 0.1) is 17.0 Å². The number of H-pyrrole nitrogens is 1. The Kier molecular flexibility index (Phi) is 3.43. The van der Waals surface area contributed by atoms with Gasteiger partial charge in [0, 0.05) is 24.2 Å². The summed E-state index contributed by atoms with van der Waals surface area (Å²) in [7, 11) is 0. The lowest BCUT2D eigenvalue weighted by molar-refractivity contribution is -0.142. The first-order valence-electron chi connectivity index (χ1n) is 7.50. The first-order chi connectivity index (χ1) is 10.4. The summed E-state index contributed by atoms with van der Waals surface area (Å²) in [5.74, 6) is -1.42. The molecule has 1 saturated heterocycles. The number of amides is 1. The van der Waals surface area contributed by atoms with E-state index in [2.05, 4.69) is 4.98 Å². The lowest BCUT2D eigenvalue weighted by Crippen LogP contribution is -2.30. The highest BCUT2D eigenvalue weighted by Crippen LogP contribution is 2.28. The largest absolute Gasteiger partial charge is 0.481 e. The Labute approximate surface area is 128 Å². The zero-order valence-electron chi connectivity index (χ0n) is 13.0. The van der Waals surface area contributed by atoms with Crippen LogP contribution >= 0.6 is 0 Å². The number of aromatic amines is 1. The minimum atomic E-state index is -0.826. The van der Waals surface area contributed by atoms with Gasteiger partial charge in [-0.1, -0.05) is 19.1 Å². The SMILES string of the molecule is Cc1[nH]c2c(C(=O)N3C[C@@H](C)[C@H](C(=O)O)C3)cccc2c1C. The number of carbonyl (C=O) groups is 2. The Morgan fingerprint density at radius 2 is 2.00 bits per heavy atom. The molecule has 0 aliphatic carbocycles. The number of nitrogens with zero attached hydrogens (tertiary/aromatic N) is 1. The number of aliphatic carboxylic acids is 1. The number of aromatic nitrogens is 1. The van der Waals surface area contributed by atoms with E-state index in [1.54, 1.807) is 11.0 Å². The average molecular weight is 300 g/mol. The van der Waals surface area contributed by atoms with Gasteiger partial charge in [-0.2, -0.15) is 0 Å². The second-order valence-electron chi connectivity index (χ2n) is 6.24. The molecule has 0 bridgehead atoms. The van der Waals surface area contributed by atoms with E-state index >= 15 is 0 Å². The van der Waals surface area contributed by atoms with Gasteiger partial charge in [0.25, 0.3) is 5.91 Å². The smallest absolute Gasteiger partial charge is 0.308 e. The van der Waals surface area contributed by atoms with Gasteiger partial charge in [0.15, 0.2) is 0 Å². The highest BCUT2D eigenvalue weighted by atomic mass is 16.4. The highest BCUT2D eigenvalue weighted by Gasteiger charge is 2.37. The summed E-state index contributed by atoms with van der Waals surface area (Å²) in [6.45, 7) is 6.67. The number of carboxylic acid groups (broad SMARTS) is 1. The van der Waals surface area contributed by atoms with E-state index in [9.17, 15) is 14.7 Å². The van der Waals surface area contributed by atoms with Gasteiger partial charge in [-0.25, -0.2) is 0 Å². The Hall–Kier alpha value is -2.30. The van der Waals surface area contributed by atoms with Crippen molar-refractivity contribution >= 4 is 22.8 Å². The molecule has 5 heteroatoms. The summed E-state index contributed by atoms with van der Waals surface area (Å²) in [6.07, 6.45) is 0. The van der Waals surface area contributed by atoms with E-state index in [4.69, 9.17) is 0 Å². The third kappa shape index (κ3) is 2.17. The number of carboxylic acids is 1. The number of para-hydroxylation sites is 1. The molecule has 1 fully saturated rings. The van der Waals surface area contributed by atoms with Crippen molar-refractivity contribution in [1.29, 1.82) is 0 Å². The molecule has 0 spiro atoms. The van der Waals surface area contributed by atoms with Crippen molar-refractivity contribution in [3.8, 4) is 0 Å². The molecule has 1 aliphatic heterocycles. The number of carbonyl (C=O) groups excluding carboxylic acids is 1. The molecule has 1 amide bonds. The van der Waals surface area contributed by atoms with Gasteiger partial charge in [0.1, 0.15) is 0 Å². The van der Waals surface area contributed by atoms with E-state index in [0.29, 0.717) is 12.1 Å². The maximum absolute atomic E-state index is 12.8. The molecule has 3 rings (SSSR count). The number of hydrogen-bond donors (Lipinski definition) is 2. The van der Waals surface area contributed by atoms with Crippen molar-refractivity contribution < 1.29 is 14.7 Å². The van der Waals surface area contributed by atoms with Gasteiger partial charge >= 0.3 is 5.97 Å². The fourth-order valence-corrected chi connectivity index (χ4v) is 3.29. The van der Waals surface area contributed by atoms with E-state index in [-0.39, 0.29) is 18.4 Å². The molecule has 5 nitrogen and oxygen atoms in total. The maximum Gasteiger partial charge on any atom is 0.308 e. The number of nitrogens with one attached hydrogen (secondary N) is 1. The highest BCUT2D eigenvalue weighted by molar-refractivity contribution is 6.07. The Morgan fingerprint density at radius 1 is 1.27 bits per heavy atom. The fraction of sp³-hybridized carbons (Fsp3) is 0.412. The monoisotopic (exact) mass is 300 g/mol. The lowest BCUT2D eigenvalue weighted by atomic mass is 9.99. The summed E-state index contributed by atoms with van der Waals surface area (Å²) >= 11 is 0. The van der Waals surface area contributed by atoms with Crippen molar-refractivity contribution in [1.82, 2.24) is 9.88 Å². The molecule has 22 heavy (non-hydrogen) atoms. The van der Waals surface area contributed by atoms with Crippen molar-refractivity contribution in [3.05, 3.63) is 35.0 Å². The summed E-state index contributed by atoms with van der Waals surface area (Å²) < 4.78 is 0. The van der Waals surface area contributed by atoms with Crippen LogP contribution in [0.3, 0.4) is 0 Å². The van der Waals surface area contributed by atoms with Crippen molar-refractivity contribution in [2.45, 2.75) is 20.8 Å². The third-order valence-corrected chi connectivity index (χ3v) is 4.79. The molecule has 116 valence electrons. The molecule has 1 aromatic carbocycles. The van der Waals surface area contributed by atoms with Crippen LogP contribution in [0.4, 0.5) is 0 Å². The first kappa shape index (κ1) is 14.6. The van der Waals surface area contributed by atoms with Crippen molar-refractivity contribution in [2.75, 3.05) is 13.1 Å². The fourth-order valence-electron chi connectivity index (χ4n) is 3.29. The van der Waals surface area contributed by atoms with Gasteiger partial charge < -0.3 is 15.0 Å². The van der Waals surface area contributed by atoms with Crippen LogP contribution in [-0.2, 0) is 4.79 Å². The predicted molar refractivity (Wildman–Crippen MR) is 84.0 cm³/mol. The van der Waals surface area contributed by atoms with Gasteiger partial charge in [-0.3, -0.25) is 9.59 Å². The van der Waals surface area contributed by atoms with E-state index in [0.717, 1.165) is 22.2 Å². The van der Waals surface area contributed by atoms with Crippen molar-refractivity contribution in [3.63, 3.8) is 0 Å². The summed E-state index contributed by atoms with van der Waals surface area (Å²) in [5.41, 5.74) is 3.65. The second kappa shape index (κ2) is 5.16. The molecular weight excluding hydrogens is 280 g/mol. The molecular formula is C17H20N2O3. The van der Waals surface area contributed by atoms with Crippen LogP contribution in [0, 0.1) is 25.7 Å². The summed E-state index contributed by atoms with van der Waals surface area (Å²) in [5, 5.41) is 10.3. The van der Waals surface area contributed by atoms with Crippen LogP contribution in [0.25, 0.3) is 10.9 Å². The number of aryl methyl sites for hydroxylation is 2. The minimum absolute atomic E-state index is 0.0206. The average Bonchev–Trinajstić information content (AvgIpc) is 3.00. The first-order valence-corrected chi connectivity index (χ1v) is 7.50. The molecule has 1 aliphatic rings. The standard InChI is InChI=1S/C17H20N2O3/c1-9-7-19(8-14(9)17(21)22)16(20)13-6-4-5-12-10(2)11(3)18-15(12)13/h4-6,9,14,18H,7-8H2,1-3H3,(H,21,22)/t9-,14-/m1/s1. The molecule has 2 heterocycles. The Morgan fingerprint density at radius 3 is 2.64 bits per heavy atom. The van der Waals surface area contributed by atoms with Crippen LogP contribution in [0.15, 0.2) is 18.2 Å². The Bertz CT molecular complexity index is 763. The third-order valence-electron chi connectivity index (χ3n) is 4.79. The normalized spacial score (nSPS) is 21.5.